The van der Waals surface area contributed by atoms with E-state index in [4.69, 9.17) is 14.0 Å². The summed E-state index contributed by atoms with van der Waals surface area (Å²) in [5.74, 6) is -5.62. The number of hydrogen-bond donors (Lipinski definition) is 3. The highest BCUT2D eigenvalue weighted by Gasteiger charge is 2.40. The zero-order chi connectivity index (χ0) is 30.1. The first-order chi connectivity index (χ1) is 20.8. The number of carbonyl (C=O) groups is 3. The lowest BCUT2D eigenvalue weighted by Gasteiger charge is -2.15. The number of pyridine rings is 3. The van der Waals surface area contributed by atoms with E-state index in [-0.39, 0.29) is 0 Å². The van der Waals surface area contributed by atoms with Crippen LogP contribution in [0.3, 0.4) is 0 Å². The van der Waals surface area contributed by atoms with Gasteiger partial charge in [0.05, 0.1) is 16.6 Å². The Labute approximate surface area is 241 Å². The highest BCUT2D eigenvalue weighted by Crippen LogP contribution is 2.26. The third-order valence-electron chi connectivity index (χ3n) is 6.30. The molecule has 3 aromatic heterocycles. The second-order valence-corrected chi connectivity index (χ2v) is 9.15. The molecule has 0 fully saturated rings. The zero-order valence-electron chi connectivity index (χ0n) is 21.9. The maximum Gasteiger partial charge on any atom is 0.870 e. The molecule has 0 saturated carbocycles. The van der Waals surface area contributed by atoms with Gasteiger partial charge in [0.2, 0.25) is 0 Å². The fourth-order valence-electron chi connectivity index (χ4n) is 4.27. The van der Waals surface area contributed by atoms with E-state index in [1.54, 1.807) is 72.8 Å². The first-order valence-electron chi connectivity index (χ1n) is 12.7. The van der Waals surface area contributed by atoms with Gasteiger partial charge >= 0.3 is 25.2 Å². The largest absolute Gasteiger partial charge is 0.870 e. The topological polar surface area (TPSA) is 178 Å². The van der Waals surface area contributed by atoms with Gasteiger partial charge in [-0.25, -0.2) is 29.3 Å². The van der Waals surface area contributed by atoms with Gasteiger partial charge in [-0.15, -0.1) is 0 Å². The Morgan fingerprint density at radius 2 is 0.767 bits per heavy atom. The van der Waals surface area contributed by atoms with Gasteiger partial charge in [-0.05, 0) is 36.4 Å². The molecule has 0 spiro atoms. The van der Waals surface area contributed by atoms with Crippen molar-refractivity contribution in [3.63, 3.8) is 0 Å². The molecule has 0 aliphatic carbocycles. The summed E-state index contributed by atoms with van der Waals surface area (Å²) in [6, 6.07) is 23.7. The molecule has 43 heavy (non-hydrogen) atoms. The van der Waals surface area contributed by atoms with Crippen molar-refractivity contribution in [1.29, 1.82) is 0 Å². The number of nitrogens with zero attached hydrogens (tertiary/aromatic N) is 3. The number of benzene rings is 3. The van der Waals surface area contributed by atoms with Crippen LogP contribution in [0.4, 0.5) is 0 Å². The number of aromatic hydroxyl groups is 3. The number of rotatable bonds is 6. The van der Waals surface area contributed by atoms with Crippen LogP contribution in [-0.2, 0) is 14.0 Å². The number of para-hydroxylation sites is 3. The quantitative estimate of drug-likeness (QED) is 0.240. The summed E-state index contributed by atoms with van der Waals surface area (Å²) >= 11 is 0. The van der Waals surface area contributed by atoms with Crippen molar-refractivity contribution < 1.29 is 43.7 Å². The van der Waals surface area contributed by atoms with Crippen LogP contribution in [0.5, 0.6) is 17.2 Å². The van der Waals surface area contributed by atoms with E-state index in [1.165, 1.54) is 18.2 Å². The molecule has 0 bridgehead atoms. The molecular weight excluding hydrogens is 557 g/mol. The van der Waals surface area contributed by atoms with Crippen LogP contribution in [0.25, 0.3) is 32.7 Å². The van der Waals surface area contributed by atoms with Crippen LogP contribution in [0.2, 0.25) is 0 Å². The van der Waals surface area contributed by atoms with Gasteiger partial charge in [0.15, 0.2) is 17.1 Å². The lowest BCUT2D eigenvalue weighted by Crippen LogP contribution is -2.35. The summed E-state index contributed by atoms with van der Waals surface area (Å²) in [5.41, 5.74) is -0.660. The SMILES string of the molecule is O=C(OB(OC(=O)c1nc2ccccc2cc1O)OC(=O)c1nc2ccccc2cc1O)c1nc2ccccc2cc1O. The van der Waals surface area contributed by atoms with E-state index in [1.807, 2.05) is 0 Å². The Kier molecular flexibility index (Phi) is 6.88. The first kappa shape index (κ1) is 27.0. The van der Waals surface area contributed by atoms with Crippen molar-refractivity contribution >= 4 is 57.9 Å². The molecule has 0 amide bonds. The Balaban J connectivity index is 1.33. The van der Waals surface area contributed by atoms with Gasteiger partial charge < -0.3 is 29.3 Å². The summed E-state index contributed by atoms with van der Waals surface area (Å²) in [6.45, 7) is 0. The van der Waals surface area contributed by atoms with Crippen LogP contribution in [0.1, 0.15) is 31.5 Å². The Bertz CT molecular complexity index is 1850. The third-order valence-corrected chi connectivity index (χ3v) is 6.30. The smallest absolute Gasteiger partial charge is 0.505 e. The Hall–Kier alpha value is -6.24. The molecule has 0 atom stereocenters. The first-order valence-corrected chi connectivity index (χ1v) is 12.7. The molecule has 0 aliphatic heterocycles. The minimum absolute atomic E-state index is 0.341. The van der Waals surface area contributed by atoms with Crippen LogP contribution < -0.4 is 0 Å². The zero-order valence-corrected chi connectivity index (χ0v) is 21.9. The van der Waals surface area contributed by atoms with Gasteiger partial charge in [-0.3, -0.25) is 0 Å². The molecule has 210 valence electrons. The average molecular weight is 575 g/mol. The van der Waals surface area contributed by atoms with Crippen molar-refractivity contribution in [3.05, 3.63) is 108 Å². The van der Waals surface area contributed by atoms with Crippen molar-refractivity contribution in [2.45, 2.75) is 0 Å². The molecule has 3 aromatic carbocycles. The third kappa shape index (κ3) is 5.42. The van der Waals surface area contributed by atoms with Crippen molar-refractivity contribution in [2.24, 2.45) is 0 Å². The van der Waals surface area contributed by atoms with E-state index in [0.29, 0.717) is 32.7 Å². The second-order valence-electron chi connectivity index (χ2n) is 9.15. The minimum Gasteiger partial charge on any atom is -0.505 e. The summed E-state index contributed by atoms with van der Waals surface area (Å²) in [5, 5.41) is 32.8. The molecule has 3 N–H and O–H groups in total. The lowest BCUT2D eigenvalue weighted by atomic mass is 10.1. The molecule has 12 nitrogen and oxygen atoms in total. The maximum atomic E-state index is 13.1. The normalized spacial score (nSPS) is 10.9. The van der Waals surface area contributed by atoms with E-state index >= 15 is 0 Å². The van der Waals surface area contributed by atoms with Gasteiger partial charge in [-0.1, -0.05) is 54.6 Å². The molecule has 0 saturated heterocycles. The summed E-state index contributed by atoms with van der Waals surface area (Å²) in [6.07, 6.45) is 0. The fraction of sp³-hybridized carbons (Fsp3) is 0. The van der Waals surface area contributed by atoms with Crippen LogP contribution in [0, 0.1) is 0 Å². The molecule has 0 aliphatic rings. The highest BCUT2D eigenvalue weighted by atomic mass is 16.8. The van der Waals surface area contributed by atoms with Gasteiger partial charge in [0.1, 0.15) is 17.2 Å². The highest BCUT2D eigenvalue weighted by molar-refractivity contribution is 6.45. The lowest BCUT2D eigenvalue weighted by molar-refractivity contribution is 0.0400. The molecule has 6 aromatic rings. The number of fused-ring (bicyclic) bond motifs is 3. The average Bonchev–Trinajstić information content (AvgIpc) is 2.99. The number of aromatic nitrogens is 3. The van der Waals surface area contributed by atoms with Crippen molar-refractivity contribution in [1.82, 2.24) is 15.0 Å². The van der Waals surface area contributed by atoms with Crippen molar-refractivity contribution in [3.8, 4) is 17.2 Å². The predicted molar refractivity (Wildman–Crippen MR) is 152 cm³/mol. The summed E-state index contributed by atoms with van der Waals surface area (Å²) in [7, 11) is -2.39. The summed E-state index contributed by atoms with van der Waals surface area (Å²) < 4.78 is 15.4. The van der Waals surface area contributed by atoms with Crippen molar-refractivity contribution in [2.75, 3.05) is 0 Å². The van der Waals surface area contributed by atoms with Gasteiger partial charge in [0.25, 0.3) is 0 Å². The van der Waals surface area contributed by atoms with Crippen LogP contribution in [-0.4, -0.2) is 55.5 Å². The molecule has 13 heteroatoms. The van der Waals surface area contributed by atoms with E-state index < -0.39 is 59.6 Å². The van der Waals surface area contributed by atoms with E-state index in [0.717, 1.165) is 0 Å². The molecule has 0 radical (unpaired) electrons. The number of hydrogen-bond acceptors (Lipinski definition) is 12. The van der Waals surface area contributed by atoms with Crippen LogP contribution in [0.15, 0.2) is 91.0 Å². The van der Waals surface area contributed by atoms with Gasteiger partial charge in [-0.2, -0.15) is 0 Å². The fourth-order valence-corrected chi connectivity index (χ4v) is 4.27. The molecule has 0 unspecified atom stereocenters. The van der Waals surface area contributed by atoms with Crippen LogP contribution >= 0.6 is 0 Å². The number of carbonyl (C=O) groups excluding carboxylic acids is 3. The Morgan fingerprint density at radius 3 is 1.07 bits per heavy atom. The molecular formula is C30H18BN3O9. The Morgan fingerprint density at radius 1 is 0.488 bits per heavy atom. The monoisotopic (exact) mass is 575 g/mol. The molecule has 6 rings (SSSR count). The maximum absolute atomic E-state index is 13.1. The predicted octanol–water partition coefficient (Wildman–Crippen LogP) is 4.30. The minimum atomic E-state index is -2.39. The second kappa shape index (κ2) is 11.0. The van der Waals surface area contributed by atoms with E-state index in [9.17, 15) is 29.7 Å². The standard InChI is InChI=1S/C30H18BN3O9/c35-22-13-16-7-1-4-10-19(16)32-25(22)28(38)41-31(42-29(39)26-23(36)14-17-8-2-5-11-20(17)33-26)43-30(40)27-24(37)15-18-9-3-6-12-21(18)34-27/h1-15,35-37H. The summed E-state index contributed by atoms with van der Waals surface area (Å²) in [4.78, 5) is 51.5. The molecule has 3 heterocycles. The van der Waals surface area contributed by atoms with E-state index in [2.05, 4.69) is 15.0 Å². The van der Waals surface area contributed by atoms with Gasteiger partial charge in [0, 0.05) is 16.2 Å².